The van der Waals surface area contributed by atoms with Crippen molar-refractivity contribution in [1.82, 2.24) is 29.8 Å². The van der Waals surface area contributed by atoms with Crippen molar-refractivity contribution >= 4 is 11.7 Å². The SMILES string of the molecule is COc1ccc([C@@H](CNC(=O)Cc2c(C)nc3ncnn3c2C)N2CCCCC2)cc1. The number of aryl methyl sites for hydroxylation is 2. The van der Waals surface area contributed by atoms with Crippen molar-refractivity contribution in [1.29, 1.82) is 0 Å². The molecule has 3 aromatic rings. The largest absolute Gasteiger partial charge is 0.497 e. The number of piperidine rings is 1. The molecule has 1 aromatic carbocycles. The van der Waals surface area contributed by atoms with Gasteiger partial charge in [0.25, 0.3) is 5.78 Å². The molecule has 0 spiro atoms. The fourth-order valence-electron chi connectivity index (χ4n) is 4.36. The summed E-state index contributed by atoms with van der Waals surface area (Å²) in [6.45, 7) is 6.54. The van der Waals surface area contributed by atoms with E-state index in [1.165, 1.54) is 31.2 Å². The molecule has 31 heavy (non-hydrogen) atoms. The monoisotopic (exact) mass is 422 g/mol. The lowest BCUT2D eigenvalue weighted by Gasteiger charge is -2.35. The first kappa shape index (κ1) is 21.2. The molecule has 0 radical (unpaired) electrons. The van der Waals surface area contributed by atoms with Gasteiger partial charge in [0.15, 0.2) is 0 Å². The summed E-state index contributed by atoms with van der Waals surface area (Å²) >= 11 is 0. The zero-order valence-corrected chi connectivity index (χ0v) is 18.5. The van der Waals surface area contributed by atoms with Crippen molar-refractivity contribution in [2.24, 2.45) is 0 Å². The zero-order chi connectivity index (χ0) is 21.8. The fourth-order valence-corrected chi connectivity index (χ4v) is 4.36. The number of aromatic nitrogens is 4. The molecule has 1 N–H and O–H groups in total. The highest BCUT2D eigenvalue weighted by Crippen LogP contribution is 2.26. The van der Waals surface area contributed by atoms with Gasteiger partial charge in [0.05, 0.1) is 19.6 Å². The van der Waals surface area contributed by atoms with Gasteiger partial charge in [-0.1, -0.05) is 18.6 Å². The van der Waals surface area contributed by atoms with E-state index in [2.05, 4.69) is 37.4 Å². The quantitative estimate of drug-likeness (QED) is 0.630. The Morgan fingerprint density at radius 2 is 1.90 bits per heavy atom. The van der Waals surface area contributed by atoms with E-state index in [-0.39, 0.29) is 18.4 Å². The Balaban J connectivity index is 1.48. The first-order chi connectivity index (χ1) is 15.1. The topological polar surface area (TPSA) is 84.6 Å². The van der Waals surface area contributed by atoms with Crippen LogP contribution in [-0.4, -0.2) is 57.1 Å². The number of ether oxygens (including phenoxy) is 1. The summed E-state index contributed by atoms with van der Waals surface area (Å²) in [5.41, 5.74) is 3.81. The number of nitrogens with zero attached hydrogens (tertiary/aromatic N) is 5. The van der Waals surface area contributed by atoms with Crippen molar-refractivity contribution in [3.8, 4) is 5.75 Å². The highest BCUT2D eigenvalue weighted by atomic mass is 16.5. The van der Waals surface area contributed by atoms with Gasteiger partial charge in [-0.3, -0.25) is 9.69 Å². The molecule has 164 valence electrons. The van der Waals surface area contributed by atoms with Crippen molar-refractivity contribution in [3.05, 3.63) is 53.1 Å². The maximum Gasteiger partial charge on any atom is 0.252 e. The molecule has 8 heteroatoms. The molecule has 2 aromatic heterocycles. The summed E-state index contributed by atoms with van der Waals surface area (Å²) in [4.78, 5) is 24.0. The maximum atomic E-state index is 12.9. The van der Waals surface area contributed by atoms with Crippen LogP contribution in [0.25, 0.3) is 5.78 Å². The van der Waals surface area contributed by atoms with Crippen LogP contribution in [0.5, 0.6) is 5.75 Å². The number of amides is 1. The van der Waals surface area contributed by atoms with Gasteiger partial charge in [-0.15, -0.1) is 0 Å². The number of hydrogen-bond donors (Lipinski definition) is 1. The molecule has 1 fully saturated rings. The summed E-state index contributed by atoms with van der Waals surface area (Å²) in [7, 11) is 1.67. The lowest BCUT2D eigenvalue weighted by molar-refractivity contribution is -0.120. The molecular formula is C23H30N6O2. The predicted molar refractivity (Wildman–Crippen MR) is 118 cm³/mol. The van der Waals surface area contributed by atoms with E-state index in [1.54, 1.807) is 11.6 Å². The molecule has 4 rings (SSSR count). The Hall–Kier alpha value is -3.00. The van der Waals surface area contributed by atoms with Crippen LogP contribution in [0.15, 0.2) is 30.6 Å². The average molecular weight is 423 g/mol. The van der Waals surface area contributed by atoms with Crippen LogP contribution in [0.3, 0.4) is 0 Å². The molecule has 0 bridgehead atoms. The van der Waals surface area contributed by atoms with E-state index < -0.39 is 0 Å². The van der Waals surface area contributed by atoms with Crippen LogP contribution in [0.4, 0.5) is 0 Å². The third kappa shape index (κ3) is 4.69. The van der Waals surface area contributed by atoms with Gasteiger partial charge >= 0.3 is 0 Å². The summed E-state index contributed by atoms with van der Waals surface area (Å²) < 4.78 is 6.99. The second kappa shape index (κ2) is 9.43. The smallest absolute Gasteiger partial charge is 0.252 e. The van der Waals surface area contributed by atoms with E-state index in [1.807, 2.05) is 26.0 Å². The van der Waals surface area contributed by atoms with Gasteiger partial charge < -0.3 is 10.1 Å². The molecule has 1 aliphatic rings. The number of nitrogens with one attached hydrogen (secondary N) is 1. The van der Waals surface area contributed by atoms with E-state index >= 15 is 0 Å². The van der Waals surface area contributed by atoms with Crippen LogP contribution in [0.2, 0.25) is 0 Å². The highest BCUT2D eigenvalue weighted by molar-refractivity contribution is 5.79. The van der Waals surface area contributed by atoms with Crippen LogP contribution in [0, 0.1) is 13.8 Å². The summed E-state index contributed by atoms with van der Waals surface area (Å²) in [6, 6.07) is 8.32. The third-order valence-corrected chi connectivity index (χ3v) is 6.15. The van der Waals surface area contributed by atoms with Gasteiger partial charge in [0.1, 0.15) is 12.1 Å². The zero-order valence-electron chi connectivity index (χ0n) is 18.5. The van der Waals surface area contributed by atoms with Crippen molar-refractivity contribution < 1.29 is 9.53 Å². The Labute approximate surface area is 182 Å². The number of carbonyl (C=O) groups is 1. The minimum absolute atomic E-state index is 0.0111. The van der Waals surface area contributed by atoms with E-state index in [0.29, 0.717) is 12.3 Å². The van der Waals surface area contributed by atoms with Crippen LogP contribution < -0.4 is 10.1 Å². The van der Waals surface area contributed by atoms with E-state index in [4.69, 9.17) is 4.74 Å². The normalized spacial score (nSPS) is 15.7. The maximum absolute atomic E-state index is 12.9. The van der Waals surface area contributed by atoms with Gasteiger partial charge in [-0.05, 0) is 57.5 Å². The molecule has 0 unspecified atom stereocenters. The molecule has 1 aliphatic heterocycles. The molecule has 1 saturated heterocycles. The lowest BCUT2D eigenvalue weighted by atomic mass is 10.0. The lowest BCUT2D eigenvalue weighted by Crippen LogP contribution is -2.41. The Morgan fingerprint density at radius 1 is 1.16 bits per heavy atom. The van der Waals surface area contributed by atoms with Gasteiger partial charge in [-0.25, -0.2) is 9.50 Å². The average Bonchev–Trinajstić information content (AvgIpc) is 3.26. The molecule has 0 saturated carbocycles. The number of fused-ring (bicyclic) bond motifs is 1. The van der Waals surface area contributed by atoms with E-state index in [9.17, 15) is 4.79 Å². The summed E-state index contributed by atoms with van der Waals surface area (Å²) in [5.74, 6) is 1.39. The van der Waals surface area contributed by atoms with Crippen molar-refractivity contribution in [2.75, 3.05) is 26.7 Å². The van der Waals surface area contributed by atoms with Crippen molar-refractivity contribution in [2.45, 2.75) is 45.6 Å². The first-order valence-corrected chi connectivity index (χ1v) is 10.9. The third-order valence-electron chi connectivity index (χ3n) is 6.15. The number of benzene rings is 1. The number of rotatable bonds is 7. The minimum Gasteiger partial charge on any atom is -0.497 e. The number of methoxy groups -OCH3 is 1. The number of hydrogen-bond acceptors (Lipinski definition) is 6. The van der Waals surface area contributed by atoms with Crippen LogP contribution in [-0.2, 0) is 11.2 Å². The van der Waals surface area contributed by atoms with E-state index in [0.717, 1.165) is 35.8 Å². The van der Waals surface area contributed by atoms with Crippen LogP contribution >= 0.6 is 0 Å². The molecule has 1 amide bonds. The highest BCUT2D eigenvalue weighted by Gasteiger charge is 2.23. The second-order valence-corrected chi connectivity index (χ2v) is 8.10. The molecule has 3 heterocycles. The molecule has 8 nitrogen and oxygen atoms in total. The molecule has 1 atom stereocenters. The first-order valence-electron chi connectivity index (χ1n) is 10.9. The summed E-state index contributed by atoms with van der Waals surface area (Å²) in [6.07, 6.45) is 5.42. The second-order valence-electron chi connectivity index (χ2n) is 8.10. The minimum atomic E-state index is -0.0111. The Bertz CT molecular complexity index is 1040. The van der Waals surface area contributed by atoms with Crippen molar-refractivity contribution in [3.63, 3.8) is 0 Å². The van der Waals surface area contributed by atoms with Gasteiger partial charge in [-0.2, -0.15) is 10.1 Å². The number of carbonyl (C=O) groups excluding carboxylic acids is 1. The Kier molecular flexibility index (Phi) is 6.46. The standard InChI is InChI=1S/C23H30N6O2/c1-16-20(17(2)29-23(27-16)25-15-26-29)13-22(30)24-14-21(28-11-5-4-6-12-28)18-7-9-19(31-3)10-8-18/h7-10,15,21H,4-6,11-14H2,1-3H3,(H,24,30)/t21-/m1/s1. The Morgan fingerprint density at radius 3 is 2.61 bits per heavy atom. The van der Waals surface area contributed by atoms with Crippen LogP contribution in [0.1, 0.15) is 47.8 Å². The van der Waals surface area contributed by atoms with Gasteiger partial charge in [0, 0.05) is 23.5 Å². The molecule has 0 aliphatic carbocycles. The van der Waals surface area contributed by atoms with Gasteiger partial charge in [0.2, 0.25) is 5.91 Å². The predicted octanol–water partition coefficient (Wildman–Crippen LogP) is 2.64. The summed E-state index contributed by atoms with van der Waals surface area (Å²) in [5, 5.41) is 7.38. The number of likely N-dealkylation sites (tertiary alicyclic amines) is 1. The molecular weight excluding hydrogens is 392 g/mol. The fraction of sp³-hybridized carbons (Fsp3) is 0.478.